The van der Waals surface area contributed by atoms with Crippen molar-refractivity contribution >= 4 is 15.7 Å². The van der Waals surface area contributed by atoms with Crippen molar-refractivity contribution in [3.8, 4) is 6.07 Å². The van der Waals surface area contributed by atoms with Crippen LogP contribution in [0.2, 0.25) is 0 Å². The van der Waals surface area contributed by atoms with Crippen LogP contribution in [-0.2, 0) is 21.2 Å². The average Bonchev–Trinajstić information content (AvgIpc) is 3.29. The Hall–Kier alpha value is -2.21. The van der Waals surface area contributed by atoms with Gasteiger partial charge in [-0.1, -0.05) is 0 Å². The molecule has 9 heteroatoms. The summed E-state index contributed by atoms with van der Waals surface area (Å²) in [5.74, 6) is -0.242. The molecule has 0 radical (unpaired) electrons. The van der Waals surface area contributed by atoms with E-state index < -0.39 is 15.4 Å². The van der Waals surface area contributed by atoms with Crippen LogP contribution in [0.4, 0.5) is 0 Å². The Bertz CT molecular complexity index is 925. The molecule has 3 rings (SSSR count). The van der Waals surface area contributed by atoms with Gasteiger partial charge in [-0.25, -0.2) is 13.1 Å². The number of nitrogens with zero attached hydrogens (tertiary/aromatic N) is 4. The van der Waals surface area contributed by atoms with E-state index in [4.69, 9.17) is 5.26 Å². The topological polar surface area (TPSA) is 113 Å². The van der Waals surface area contributed by atoms with E-state index in [2.05, 4.69) is 5.10 Å². The molecule has 2 fully saturated rings. The van der Waals surface area contributed by atoms with Gasteiger partial charge >= 0.3 is 0 Å². The number of amides is 1. The van der Waals surface area contributed by atoms with Crippen LogP contribution in [0.15, 0.2) is 4.79 Å². The van der Waals surface area contributed by atoms with Gasteiger partial charge in [0.15, 0.2) is 9.84 Å². The first kappa shape index (κ1) is 17.6. The molecule has 1 aromatic rings. The predicted octanol–water partition coefficient (Wildman–Crippen LogP) is -0.0901. The van der Waals surface area contributed by atoms with Crippen molar-refractivity contribution in [2.45, 2.75) is 51.7 Å². The quantitative estimate of drug-likeness (QED) is 0.738. The number of aromatic nitrogens is 2. The third-order valence-electron chi connectivity index (χ3n) is 4.86. The lowest BCUT2D eigenvalue weighted by Gasteiger charge is -2.28. The molecule has 0 N–H and O–H groups in total. The summed E-state index contributed by atoms with van der Waals surface area (Å²) in [5, 5.41) is 13.3. The molecule has 2 aliphatic rings. The van der Waals surface area contributed by atoms with Crippen LogP contribution in [-0.4, -0.2) is 52.6 Å². The first-order chi connectivity index (χ1) is 11.7. The minimum atomic E-state index is -3.10. The second-order valence-corrected chi connectivity index (χ2v) is 8.98. The molecule has 1 unspecified atom stereocenters. The summed E-state index contributed by atoms with van der Waals surface area (Å²) < 4.78 is 24.5. The highest BCUT2D eigenvalue weighted by molar-refractivity contribution is 7.91. The van der Waals surface area contributed by atoms with Crippen LogP contribution < -0.4 is 5.56 Å². The number of carbonyl (C=O) groups is 1. The zero-order valence-electron chi connectivity index (χ0n) is 14.2. The maximum absolute atomic E-state index is 12.8. The van der Waals surface area contributed by atoms with Gasteiger partial charge in [0.25, 0.3) is 5.56 Å². The Morgan fingerprint density at radius 2 is 2.00 bits per heavy atom. The standard InChI is InChI=1S/C16H20N4O4S/c1-10-11(2)18-19(16(22)14(10)7-17)8-15(21)20(12-3-4-12)13-5-6-25(23,24)9-13/h12-13H,3-6,8-9H2,1-2H3. The fourth-order valence-electron chi connectivity index (χ4n) is 3.27. The zero-order valence-corrected chi connectivity index (χ0v) is 15.0. The molecular weight excluding hydrogens is 344 g/mol. The molecule has 8 nitrogen and oxygen atoms in total. The van der Waals surface area contributed by atoms with Crippen molar-refractivity contribution in [3.05, 3.63) is 27.2 Å². The van der Waals surface area contributed by atoms with Crippen molar-refractivity contribution in [3.63, 3.8) is 0 Å². The largest absolute Gasteiger partial charge is 0.334 e. The first-order valence-electron chi connectivity index (χ1n) is 8.23. The molecule has 2 heterocycles. The van der Waals surface area contributed by atoms with E-state index in [0.717, 1.165) is 17.5 Å². The number of hydrogen-bond donors (Lipinski definition) is 0. The van der Waals surface area contributed by atoms with E-state index in [0.29, 0.717) is 17.7 Å². The molecule has 0 bridgehead atoms. The molecule has 25 heavy (non-hydrogen) atoms. The van der Waals surface area contributed by atoms with Crippen molar-refractivity contribution in [1.29, 1.82) is 5.26 Å². The van der Waals surface area contributed by atoms with Crippen LogP contribution in [0, 0.1) is 25.2 Å². The Kier molecular flexibility index (Phi) is 4.41. The van der Waals surface area contributed by atoms with Crippen molar-refractivity contribution < 1.29 is 13.2 Å². The summed E-state index contributed by atoms with van der Waals surface area (Å²) in [7, 11) is -3.10. The minimum absolute atomic E-state index is 0.0123. The smallest absolute Gasteiger partial charge is 0.285 e. The maximum Gasteiger partial charge on any atom is 0.285 e. The van der Waals surface area contributed by atoms with Gasteiger partial charge in [0.05, 0.1) is 17.2 Å². The Balaban J connectivity index is 1.87. The van der Waals surface area contributed by atoms with Gasteiger partial charge in [0.2, 0.25) is 5.91 Å². The number of carbonyl (C=O) groups excluding carboxylic acids is 1. The maximum atomic E-state index is 12.8. The lowest BCUT2D eigenvalue weighted by atomic mass is 10.1. The highest BCUT2D eigenvalue weighted by Crippen LogP contribution is 2.32. The lowest BCUT2D eigenvalue weighted by Crippen LogP contribution is -2.46. The highest BCUT2D eigenvalue weighted by Gasteiger charge is 2.42. The van der Waals surface area contributed by atoms with Gasteiger partial charge in [0, 0.05) is 12.1 Å². The average molecular weight is 364 g/mol. The Labute approximate surface area is 146 Å². The predicted molar refractivity (Wildman–Crippen MR) is 89.6 cm³/mol. The van der Waals surface area contributed by atoms with E-state index >= 15 is 0 Å². The van der Waals surface area contributed by atoms with E-state index in [9.17, 15) is 18.0 Å². The lowest BCUT2D eigenvalue weighted by molar-refractivity contribution is -0.134. The van der Waals surface area contributed by atoms with Gasteiger partial charge in [-0.2, -0.15) is 10.4 Å². The summed E-state index contributed by atoms with van der Waals surface area (Å²) in [5.41, 5.74) is 0.429. The van der Waals surface area contributed by atoms with E-state index in [1.165, 1.54) is 0 Å². The number of aryl methyl sites for hydroxylation is 1. The van der Waals surface area contributed by atoms with Crippen LogP contribution in [0.3, 0.4) is 0 Å². The van der Waals surface area contributed by atoms with E-state index in [-0.39, 0.29) is 41.6 Å². The number of rotatable bonds is 4. The normalized spacial score (nSPS) is 21.7. The molecule has 0 spiro atoms. The second kappa shape index (κ2) is 6.26. The summed E-state index contributed by atoms with van der Waals surface area (Å²) in [6.45, 7) is 3.05. The first-order valence-corrected chi connectivity index (χ1v) is 10.1. The van der Waals surface area contributed by atoms with Crippen molar-refractivity contribution in [2.75, 3.05) is 11.5 Å². The summed E-state index contributed by atoms with van der Waals surface area (Å²) in [6, 6.07) is 1.58. The molecule has 1 aromatic heterocycles. The second-order valence-electron chi connectivity index (χ2n) is 6.75. The third kappa shape index (κ3) is 3.44. The molecule has 134 valence electrons. The van der Waals surface area contributed by atoms with Gasteiger partial charge < -0.3 is 4.90 Å². The van der Waals surface area contributed by atoms with Crippen LogP contribution in [0.5, 0.6) is 0 Å². The fourth-order valence-corrected chi connectivity index (χ4v) is 4.98. The van der Waals surface area contributed by atoms with Crippen LogP contribution in [0.1, 0.15) is 36.1 Å². The van der Waals surface area contributed by atoms with Crippen molar-refractivity contribution in [1.82, 2.24) is 14.7 Å². The Morgan fingerprint density at radius 3 is 2.52 bits per heavy atom. The fraction of sp³-hybridized carbons (Fsp3) is 0.625. The molecule has 1 atom stereocenters. The van der Waals surface area contributed by atoms with Crippen molar-refractivity contribution in [2.24, 2.45) is 0 Å². The molecule has 1 saturated heterocycles. The van der Waals surface area contributed by atoms with Crippen LogP contribution >= 0.6 is 0 Å². The van der Waals surface area contributed by atoms with E-state index in [1.54, 1.807) is 18.7 Å². The highest BCUT2D eigenvalue weighted by atomic mass is 32.2. The third-order valence-corrected chi connectivity index (χ3v) is 6.61. The number of nitriles is 1. The van der Waals surface area contributed by atoms with Gasteiger partial charge in [-0.05, 0) is 38.7 Å². The SMILES string of the molecule is Cc1nn(CC(=O)N(C2CC2)C2CCS(=O)(=O)C2)c(=O)c(C#N)c1C. The zero-order chi connectivity index (χ0) is 18.4. The molecule has 1 saturated carbocycles. The molecule has 0 aromatic carbocycles. The minimum Gasteiger partial charge on any atom is -0.334 e. The van der Waals surface area contributed by atoms with Gasteiger partial charge in [-0.3, -0.25) is 9.59 Å². The van der Waals surface area contributed by atoms with E-state index in [1.807, 2.05) is 6.07 Å². The summed E-state index contributed by atoms with van der Waals surface area (Å²) in [4.78, 5) is 26.8. The summed E-state index contributed by atoms with van der Waals surface area (Å²) in [6.07, 6.45) is 2.13. The summed E-state index contributed by atoms with van der Waals surface area (Å²) >= 11 is 0. The van der Waals surface area contributed by atoms with Crippen LogP contribution in [0.25, 0.3) is 0 Å². The molecule has 1 aliphatic heterocycles. The van der Waals surface area contributed by atoms with Gasteiger partial charge in [0.1, 0.15) is 18.2 Å². The molecular formula is C16H20N4O4S. The monoisotopic (exact) mass is 364 g/mol. The van der Waals surface area contributed by atoms with Gasteiger partial charge in [-0.15, -0.1) is 0 Å². The number of hydrogen-bond acceptors (Lipinski definition) is 6. The molecule has 1 amide bonds. The molecule has 1 aliphatic carbocycles. The number of sulfone groups is 1. The Morgan fingerprint density at radius 1 is 1.32 bits per heavy atom.